The van der Waals surface area contributed by atoms with E-state index in [-0.39, 0.29) is 72.6 Å². The van der Waals surface area contributed by atoms with Gasteiger partial charge < -0.3 is 24.1 Å². The van der Waals surface area contributed by atoms with Crippen LogP contribution < -0.4 is 18.9 Å². The van der Waals surface area contributed by atoms with Gasteiger partial charge in [0.05, 0.1) is 53.8 Å². The quantitative estimate of drug-likeness (QED) is 0.110. The average molecular weight is 632 g/mol. The van der Waals surface area contributed by atoms with Crippen molar-refractivity contribution in [2.45, 2.75) is 39.5 Å². The molecule has 0 saturated carbocycles. The molecule has 4 rings (SSSR count). The summed E-state index contributed by atoms with van der Waals surface area (Å²) in [6.07, 6.45) is 0.0458. The number of carboxylic acids is 1. The number of fused-ring (bicyclic) bond motifs is 2. The Kier molecular flexibility index (Phi) is 10.3. The fourth-order valence-corrected chi connectivity index (χ4v) is 6.14. The van der Waals surface area contributed by atoms with E-state index in [2.05, 4.69) is 4.98 Å². The Labute approximate surface area is 254 Å². The molecule has 0 unspecified atom stereocenters. The summed E-state index contributed by atoms with van der Waals surface area (Å²) >= 11 is 2.33. The molecule has 10 nitrogen and oxygen atoms in total. The topological polar surface area (TPSA) is 138 Å². The largest absolute Gasteiger partial charge is 0.493 e. The monoisotopic (exact) mass is 631 g/mol. The number of aliphatic carboxylic acids is 1. The van der Waals surface area contributed by atoms with Crippen molar-refractivity contribution in [1.29, 1.82) is 0 Å². The molecule has 3 aromatic heterocycles. The highest BCUT2D eigenvalue weighted by Gasteiger charge is 2.22. The number of thiophene rings is 2. The van der Waals surface area contributed by atoms with Gasteiger partial charge in [-0.3, -0.25) is 19.2 Å². The maximum atomic E-state index is 15.5. The zero-order valence-electron chi connectivity index (χ0n) is 24.0. The number of benzene rings is 1. The van der Waals surface area contributed by atoms with Gasteiger partial charge in [-0.1, -0.05) is 6.92 Å². The van der Waals surface area contributed by atoms with Gasteiger partial charge in [-0.25, -0.2) is 9.37 Å². The second-order valence-corrected chi connectivity index (χ2v) is 11.9. The molecule has 0 amide bonds. The van der Waals surface area contributed by atoms with Gasteiger partial charge in [0.15, 0.2) is 34.6 Å². The minimum Gasteiger partial charge on any atom is -0.493 e. The molecule has 0 aliphatic heterocycles. The van der Waals surface area contributed by atoms with Crippen LogP contribution in [0, 0.1) is 11.7 Å². The molecule has 0 aliphatic rings. The summed E-state index contributed by atoms with van der Waals surface area (Å²) < 4.78 is 39.0. The second-order valence-electron chi connectivity index (χ2n) is 9.74. The number of carbonyl (C=O) groups excluding carboxylic acids is 3. The third-order valence-corrected chi connectivity index (χ3v) is 8.87. The summed E-state index contributed by atoms with van der Waals surface area (Å²) in [5.41, 5.74) is 0.514. The number of pyridine rings is 1. The molecule has 4 aromatic rings. The molecule has 0 bridgehead atoms. The van der Waals surface area contributed by atoms with Crippen molar-refractivity contribution >= 4 is 66.3 Å². The first-order valence-electron chi connectivity index (χ1n) is 13.3. The number of halogens is 1. The first-order chi connectivity index (χ1) is 20.5. The Morgan fingerprint density at radius 2 is 1.56 bits per heavy atom. The van der Waals surface area contributed by atoms with Crippen LogP contribution in [0.3, 0.4) is 0 Å². The Balaban J connectivity index is 1.41. The van der Waals surface area contributed by atoms with Crippen LogP contribution in [-0.4, -0.2) is 60.8 Å². The van der Waals surface area contributed by atoms with Gasteiger partial charge in [0.2, 0.25) is 0 Å². The highest BCUT2D eigenvalue weighted by molar-refractivity contribution is 7.21. The predicted molar refractivity (Wildman–Crippen MR) is 160 cm³/mol. The zero-order chi connectivity index (χ0) is 31.3. The second kappa shape index (κ2) is 13.9. The van der Waals surface area contributed by atoms with Crippen LogP contribution in [0.15, 0.2) is 24.3 Å². The Hall–Kier alpha value is -4.10. The van der Waals surface area contributed by atoms with Crippen LogP contribution in [0.4, 0.5) is 4.39 Å². The van der Waals surface area contributed by atoms with Gasteiger partial charge in [-0.05, 0) is 19.1 Å². The van der Waals surface area contributed by atoms with Crippen molar-refractivity contribution in [3.05, 3.63) is 39.8 Å². The van der Waals surface area contributed by atoms with Crippen molar-refractivity contribution in [2.24, 2.45) is 5.92 Å². The molecule has 3 heterocycles. The third-order valence-electron chi connectivity index (χ3n) is 6.63. The number of ether oxygens (including phenoxy) is 4. The van der Waals surface area contributed by atoms with E-state index < -0.39 is 17.7 Å². The molecule has 228 valence electrons. The molecule has 0 aliphatic carbocycles. The molecule has 1 N–H and O–H groups in total. The number of hydrogen-bond donors (Lipinski definition) is 1. The van der Waals surface area contributed by atoms with Crippen molar-refractivity contribution in [2.75, 3.05) is 27.4 Å². The summed E-state index contributed by atoms with van der Waals surface area (Å²) in [5, 5.41) is 9.06. The average Bonchev–Trinajstić information content (AvgIpc) is 3.60. The molecule has 1 aromatic carbocycles. The number of Topliss-reactive ketones (excluding diaryl/α,β-unsaturated/α-hetero) is 3. The number of aromatic nitrogens is 1. The Bertz CT molecular complexity index is 1690. The molecular weight excluding hydrogens is 601 g/mol. The van der Waals surface area contributed by atoms with E-state index in [1.165, 1.54) is 38.5 Å². The standard InChI is InChI=1S/C30H30FNO9S2/c1-15(16(2)33)10-20(35)25-11-17-23(42-25)13-21(38-3)29(28(17)31)40-8-5-9-41-30-22(39-4)14-24-18(32-30)12-26(43-24)19(34)6-7-27(36)37/h11-15H,5-10H2,1-4H3,(H,36,37)/t15-/m0/s1. The lowest BCUT2D eigenvalue weighted by Gasteiger charge is -2.13. The molecule has 0 spiro atoms. The highest BCUT2D eigenvalue weighted by atomic mass is 32.1. The molecule has 1 atom stereocenters. The minimum atomic E-state index is -1.04. The predicted octanol–water partition coefficient (Wildman–Crippen LogP) is 6.36. The van der Waals surface area contributed by atoms with Gasteiger partial charge >= 0.3 is 5.97 Å². The number of rotatable bonds is 16. The molecule has 0 saturated heterocycles. The van der Waals surface area contributed by atoms with E-state index >= 15 is 4.39 Å². The number of ketones is 3. The molecule has 0 radical (unpaired) electrons. The summed E-state index contributed by atoms with van der Waals surface area (Å²) in [5.74, 6) is -2.04. The van der Waals surface area contributed by atoms with Crippen molar-refractivity contribution < 1.29 is 47.6 Å². The number of carboxylic acid groups (broad SMARTS) is 1. The smallest absolute Gasteiger partial charge is 0.303 e. The van der Waals surface area contributed by atoms with Gasteiger partial charge in [-0.2, -0.15) is 0 Å². The van der Waals surface area contributed by atoms with Gasteiger partial charge in [-0.15, -0.1) is 22.7 Å². The lowest BCUT2D eigenvalue weighted by atomic mass is 10.00. The summed E-state index contributed by atoms with van der Waals surface area (Å²) in [6, 6.07) is 6.39. The van der Waals surface area contributed by atoms with Crippen LogP contribution >= 0.6 is 22.7 Å². The van der Waals surface area contributed by atoms with Gasteiger partial charge in [0.1, 0.15) is 5.78 Å². The molecule has 0 fully saturated rings. The number of carbonyl (C=O) groups is 4. The third kappa shape index (κ3) is 7.46. The molecule has 13 heteroatoms. The van der Waals surface area contributed by atoms with E-state index in [4.69, 9.17) is 24.1 Å². The minimum absolute atomic E-state index is 0.0509. The first-order valence-corrected chi connectivity index (χ1v) is 15.0. The first kappa shape index (κ1) is 31.8. The SMILES string of the molecule is COc1cc2sc(C(=O)CCC(=O)O)cc2nc1OCCCOc1c(OC)cc2sc(C(=O)C[C@H](C)C(C)=O)cc2c1F. The summed E-state index contributed by atoms with van der Waals surface area (Å²) in [6.45, 7) is 3.35. The van der Waals surface area contributed by atoms with Crippen molar-refractivity contribution in [1.82, 2.24) is 4.98 Å². The molecule has 43 heavy (non-hydrogen) atoms. The summed E-state index contributed by atoms with van der Waals surface area (Å²) in [4.78, 5) is 52.5. The lowest BCUT2D eigenvalue weighted by molar-refractivity contribution is -0.137. The van der Waals surface area contributed by atoms with E-state index in [1.54, 1.807) is 25.1 Å². The van der Waals surface area contributed by atoms with E-state index in [9.17, 15) is 19.2 Å². The van der Waals surface area contributed by atoms with Crippen LogP contribution in [0.1, 0.15) is 58.9 Å². The van der Waals surface area contributed by atoms with Crippen molar-refractivity contribution in [3.63, 3.8) is 0 Å². The fourth-order valence-electron chi connectivity index (χ4n) is 4.11. The van der Waals surface area contributed by atoms with Gasteiger partial charge in [0.25, 0.3) is 5.88 Å². The van der Waals surface area contributed by atoms with Crippen molar-refractivity contribution in [3.8, 4) is 23.1 Å². The maximum absolute atomic E-state index is 15.5. The maximum Gasteiger partial charge on any atom is 0.303 e. The molecular formula is C30H30FNO9S2. The van der Waals surface area contributed by atoms with Crippen LogP contribution in [0.2, 0.25) is 0 Å². The summed E-state index contributed by atoms with van der Waals surface area (Å²) in [7, 11) is 2.86. The van der Waals surface area contributed by atoms with Crippen LogP contribution in [-0.2, 0) is 9.59 Å². The Morgan fingerprint density at radius 1 is 0.907 bits per heavy atom. The van der Waals surface area contributed by atoms with Gasteiger partial charge in [0, 0.05) is 47.4 Å². The lowest BCUT2D eigenvalue weighted by Crippen LogP contribution is -2.11. The number of nitrogens with zero attached hydrogens (tertiary/aromatic N) is 1. The highest BCUT2D eigenvalue weighted by Crippen LogP contribution is 2.40. The normalized spacial score (nSPS) is 11.8. The fraction of sp³-hybridized carbons (Fsp3) is 0.367. The van der Waals surface area contributed by atoms with E-state index in [0.717, 1.165) is 11.3 Å². The Morgan fingerprint density at radius 3 is 2.23 bits per heavy atom. The van der Waals surface area contributed by atoms with E-state index in [0.29, 0.717) is 36.8 Å². The zero-order valence-corrected chi connectivity index (χ0v) is 25.6. The number of hydrogen-bond acceptors (Lipinski definition) is 11. The van der Waals surface area contributed by atoms with Crippen LogP contribution in [0.25, 0.3) is 20.3 Å². The van der Waals surface area contributed by atoms with Crippen LogP contribution in [0.5, 0.6) is 23.1 Å². The van der Waals surface area contributed by atoms with E-state index in [1.807, 2.05) is 0 Å². The number of methoxy groups -OCH3 is 2.